The molecule has 0 saturated heterocycles. The number of halogens is 2. The minimum atomic E-state index is -0.472. The second-order valence-corrected chi connectivity index (χ2v) is 4.87. The van der Waals surface area contributed by atoms with E-state index in [4.69, 9.17) is 4.84 Å². The minimum absolute atomic E-state index is 0. The zero-order valence-corrected chi connectivity index (χ0v) is 12.4. The molecule has 0 heterocycles. The van der Waals surface area contributed by atoms with E-state index in [-0.39, 0.29) is 36.4 Å². The van der Waals surface area contributed by atoms with E-state index in [1.165, 1.54) is 0 Å². The SMILES string of the molecule is CC(C)NOCC(O)CNC(C)(C)C.Cl.Cl. The summed E-state index contributed by atoms with van der Waals surface area (Å²) in [6.45, 7) is 11.0. The molecule has 0 aromatic carbocycles. The number of hydroxylamine groups is 1. The van der Waals surface area contributed by atoms with Gasteiger partial charge in [0.15, 0.2) is 0 Å². The molecule has 0 fully saturated rings. The summed E-state index contributed by atoms with van der Waals surface area (Å²) in [5.74, 6) is 0. The van der Waals surface area contributed by atoms with Gasteiger partial charge in [0.2, 0.25) is 0 Å². The smallest absolute Gasteiger partial charge is 0.0954 e. The lowest BCUT2D eigenvalue weighted by molar-refractivity contribution is -0.0305. The zero-order chi connectivity index (χ0) is 11.2. The number of nitrogens with one attached hydrogen (secondary N) is 2. The van der Waals surface area contributed by atoms with Crippen molar-refractivity contribution in [3.8, 4) is 0 Å². The van der Waals surface area contributed by atoms with Gasteiger partial charge in [-0.1, -0.05) is 0 Å². The highest BCUT2D eigenvalue weighted by molar-refractivity contribution is 5.85. The maximum atomic E-state index is 9.50. The molecular formula is C10H26Cl2N2O2. The lowest BCUT2D eigenvalue weighted by Gasteiger charge is -2.23. The second kappa shape index (κ2) is 10.6. The van der Waals surface area contributed by atoms with Crippen molar-refractivity contribution in [2.75, 3.05) is 13.2 Å². The molecule has 0 radical (unpaired) electrons. The molecule has 0 aliphatic carbocycles. The van der Waals surface area contributed by atoms with Crippen LogP contribution in [0, 0.1) is 0 Å². The maximum absolute atomic E-state index is 9.50. The van der Waals surface area contributed by atoms with Gasteiger partial charge in [0.05, 0.1) is 12.7 Å². The lowest BCUT2D eigenvalue weighted by Crippen LogP contribution is -2.43. The molecule has 4 nitrogen and oxygen atoms in total. The number of hydrogen-bond donors (Lipinski definition) is 3. The van der Waals surface area contributed by atoms with Crippen molar-refractivity contribution < 1.29 is 9.94 Å². The third kappa shape index (κ3) is 16.8. The summed E-state index contributed by atoms with van der Waals surface area (Å²) in [6, 6.07) is 0.276. The largest absolute Gasteiger partial charge is 0.389 e. The van der Waals surface area contributed by atoms with Crippen molar-refractivity contribution in [1.82, 2.24) is 10.8 Å². The molecule has 0 amide bonds. The Labute approximate surface area is 111 Å². The van der Waals surface area contributed by atoms with Crippen LogP contribution < -0.4 is 10.8 Å². The van der Waals surface area contributed by atoms with Crippen LogP contribution in [-0.2, 0) is 4.84 Å². The van der Waals surface area contributed by atoms with E-state index in [0.29, 0.717) is 13.2 Å². The van der Waals surface area contributed by atoms with Crippen LogP contribution in [0.15, 0.2) is 0 Å². The molecule has 6 heteroatoms. The van der Waals surface area contributed by atoms with Crippen LogP contribution in [0.1, 0.15) is 34.6 Å². The predicted molar refractivity (Wildman–Crippen MR) is 72.5 cm³/mol. The molecule has 0 saturated carbocycles. The van der Waals surface area contributed by atoms with Crippen LogP contribution in [0.25, 0.3) is 0 Å². The minimum Gasteiger partial charge on any atom is -0.389 e. The summed E-state index contributed by atoms with van der Waals surface area (Å²) in [4.78, 5) is 5.08. The van der Waals surface area contributed by atoms with E-state index in [1.54, 1.807) is 0 Å². The number of β-amino-alcohol motifs (C(OH)–C–C–N with tert-alkyl or cyclic N) is 1. The van der Waals surface area contributed by atoms with Gasteiger partial charge < -0.3 is 10.4 Å². The van der Waals surface area contributed by atoms with Gasteiger partial charge in [0, 0.05) is 18.1 Å². The first-order valence-corrected chi connectivity index (χ1v) is 5.11. The van der Waals surface area contributed by atoms with E-state index < -0.39 is 6.10 Å². The van der Waals surface area contributed by atoms with E-state index in [2.05, 4.69) is 31.6 Å². The quantitative estimate of drug-likeness (QED) is 0.644. The molecule has 0 rings (SSSR count). The standard InChI is InChI=1S/C10H24N2O2.2ClH/c1-8(2)12-14-7-9(13)6-11-10(3,4)5;;/h8-9,11-13H,6-7H2,1-5H3;2*1H. The monoisotopic (exact) mass is 276 g/mol. The number of aliphatic hydroxyl groups is 1. The van der Waals surface area contributed by atoms with E-state index in [9.17, 15) is 5.11 Å². The highest BCUT2D eigenvalue weighted by Crippen LogP contribution is 1.98. The summed E-state index contributed by atoms with van der Waals surface area (Å²) >= 11 is 0. The molecule has 102 valence electrons. The Morgan fingerprint density at radius 1 is 1.19 bits per heavy atom. The first-order valence-electron chi connectivity index (χ1n) is 5.11. The fourth-order valence-corrected chi connectivity index (χ4v) is 0.794. The van der Waals surface area contributed by atoms with Crippen LogP contribution in [0.4, 0.5) is 0 Å². The molecule has 1 unspecified atom stereocenters. The van der Waals surface area contributed by atoms with Crippen LogP contribution in [0.3, 0.4) is 0 Å². The zero-order valence-electron chi connectivity index (χ0n) is 10.7. The molecule has 16 heavy (non-hydrogen) atoms. The Kier molecular flexibility index (Phi) is 14.3. The normalized spacial score (nSPS) is 12.9. The van der Waals surface area contributed by atoms with Crippen molar-refractivity contribution in [3.05, 3.63) is 0 Å². The van der Waals surface area contributed by atoms with Gasteiger partial charge in [0.1, 0.15) is 0 Å². The maximum Gasteiger partial charge on any atom is 0.0954 e. The molecule has 0 aromatic heterocycles. The molecule has 0 aliphatic heterocycles. The number of hydrogen-bond acceptors (Lipinski definition) is 4. The number of aliphatic hydroxyl groups excluding tert-OH is 1. The van der Waals surface area contributed by atoms with Crippen LogP contribution in [0.5, 0.6) is 0 Å². The highest BCUT2D eigenvalue weighted by Gasteiger charge is 2.12. The van der Waals surface area contributed by atoms with E-state index in [0.717, 1.165) is 0 Å². The molecule has 0 aliphatic rings. The molecule has 1 atom stereocenters. The van der Waals surface area contributed by atoms with Crippen LogP contribution in [0.2, 0.25) is 0 Å². The van der Waals surface area contributed by atoms with Gasteiger partial charge in [-0.3, -0.25) is 4.84 Å². The fourth-order valence-electron chi connectivity index (χ4n) is 0.794. The van der Waals surface area contributed by atoms with Crippen molar-refractivity contribution in [1.29, 1.82) is 0 Å². The average Bonchev–Trinajstić information content (AvgIpc) is 1.99. The Bertz CT molecular complexity index is 152. The summed E-state index contributed by atoms with van der Waals surface area (Å²) in [6.07, 6.45) is -0.472. The average molecular weight is 277 g/mol. The third-order valence-electron chi connectivity index (χ3n) is 1.46. The summed E-state index contributed by atoms with van der Waals surface area (Å²) in [5.41, 5.74) is 2.82. The van der Waals surface area contributed by atoms with Crippen molar-refractivity contribution in [3.63, 3.8) is 0 Å². The summed E-state index contributed by atoms with van der Waals surface area (Å²) in [5, 5.41) is 12.7. The van der Waals surface area contributed by atoms with Gasteiger partial charge in [-0.15, -0.1) is 24.8 Å². The van der Waals surface area contributed by atoms with Gasteiger partial charge in [-0.05, 0) is 34.6 Å². The Hall–Kier alpha value is 0.420. The molecule has 0 spiro atoms. The highest BCUT2D eigenvalue weighted by atomic mass is 35.5. The van der Waals surface area contributed by atoms with Gasteiger partial charge in [0.25, 0.3) is 0 Å². The predicted octanol–water partition coefficient (Wildman–Crippen LogP) is 1.51. The topological polar surface area (TPSA) is 53.5 Å². The Morgan fingerprint density at radius 3 is 2.06 bits per heavy atom. The fraction of sp³-hybridized carbons (Fsp3) is 1.00. The summed E-state index contributed by atoms with van der Waals surface area (Å²) < 4.78 is 0. The van der Waals surface area contributed by atoms with Crippen LogP contribution >= 0.6 is 24.8 Å². The third-order valence-corrected chi connectivity index (χ3v) is 1.46. The first-order chi connectivity index (χ1) is 6.31. The van der Waals surface area contributed by atoms with E-state index in [1.807, 2.05) is 13.8 Å². The lowest BCUT2D eigenvalue weighted by atomic mass is 10.1. The first kappa shape index (κ1) is 21.7. The van der Waals surface area contributed by atoms with Gasteiger partial charge >= 0.3 is 0 Å². The van der Waals surface area contributed by atoms with Gasteiger partial charge in [-0.25, -0.2) is 0 Å². The van der Waals surface area contributed by atoms with Crippen LogP contribution in [-0.4, -0.2) is 35.9 Å². The second-order valence-electron chi connectivity index (χ2n) is 4.87. The van der Waals surface area contributed by atoms with E-state index >= 15 is 0 Å². The molecule has 3 N–H and O–H groups in total. The summed E-state index contributed by atoms with van der Waals surface area (Å²) in [7, 11) is 0. The molecule has 0 bridgehead atoms. The molecule has 0 aromatic rings. The van der Waals surface area contributed by atoms with Crippen molar-refractivity contribution in [2.24, 2.45) is 0 Å². The van der Waals surface area contributed by atoms with Crippen molar-refractivity contribution in [2.45, 2.75) is 52.3 Å². The number of rotatable bonds is 6. The van der Waals surface area contributed by atoms with Gasteiger partial charge in [-0.2, -0.15) is 5.48 Å². The Balaban J connectivity index is -0.000000845. The van der Waals surface area contributed by atoms with Crippen molar-refractivity contribution >= 4 is 24.8 Å². The Morgan fingerprint density at radius 2 is 1.69 bits per heavy atom. The molecular weight excluding hydrogens is 251 g/mol.